The Labute approximate surface area is 327 Å². The number of halogens is 2. The average Bonchev–Trinajstić information content (AvgIpc) is 3.52. The smallest absolute Gasteiger partial charge is 0.272 e. The van der Waals surface area contributed by atoms with Crippen LogP contribution in [0.4, 0.5) is 11.4 Å². The molecule has 7 aromatic rings. The van der Waals surface area contributed by atoms with Crippen LogP contribution in [-0.2, 0) is 16.1 Å². The Balaban J connectivity index is 1.11. The summed E-state index contributed by atoms with van der Waals surface area (Å²) in [6.45, 7) is 2.97. The molecule has 7 rings (SSSR count). The Kier molecular flexibility index (Phi) is 11.2. The van der Waals surface area contributed by atoms with Crippen molar-refractivity contribution in [3.8, 4) is 0 Å². The Bertz CT molecular complexity index is 2500. The number of benzene rings is 6. The zero-order valence-electron chi connectivity index (χ0n) is 29.1. The molecule has 1 atom stereocenters. The molecule has 6 aromatic carbocycles. The summed E-state index contributed by atoms with van der Waals surface area (Å²) in [4.78, 5) is 41.6. The highest BCUT2D eigenvalue weighted by molar-refractivity contribution is 8.00. The van der Waals surface area contributed by atoms with Gasteiger partial charge in [-0.3, -0.25) is 14.4 Å². The number of nitrogens with zero attached hydrogens (tertiary/aromatic N) is 1. The fraction of sp³-hybridized carbons (Fsp3) is 0.0682. The van der Waals surface area contributed by atoms with Crippen molar-refractivity contribution in [1.29, 1.82) is 0 Å². The summed E-state index contributed by atoms with van der Waals surface area (Å²) >= 11 is 14.2. The van der Waals surface area contributed by atoms with Gasteiger partial charge in [-0.05, 0) is 91.4 Å². The number of amides is 3. The van der Waals surface area contributed by atoms with Crippen LogP contribution in [0.15, 0.2) is 156 Å². The summed E-state index contributed by atoms with van der Waals surface area (Å²) in [6, 6.07) is 44.7. The molecule has 1 unspecified atom stereocenters. The van der Waals surface area contributed by atoms with Gasteiger partial charge >= 0.3 is 0 Å². The maximum Gasteiger partial charge on any atom is 0.272 e. The van der Waals surface area contributed by atoms with Gasteiger partial charge in [0, 0.05) is 65.8 Å². The molecule has 1 aromatic heterocycles. The molecule has 0 fully saturated rings. The van der Waals surface area contributed by atoms with E-state index in [0.717, 1.165) is 38.8 Å². The highest BCUT2D eigenvalue weighted by atomic mass is 35.5. The zero-order chi connectivity index (χ0) is 37.6. The lowest BCUT2D eigenvalue weighted by atomic mass is 10.1. The van der Waals surface area contributed by atoms with Crippen molar-refractivity contribution in [2.75, 3.05) is 10.6 Å². The van der Waals surface area contributed by atoms with E-state index in [1.54, 1.807) is 60.7 Å². The molecule has 0 aliphatic rings. The van der Waals surface area contributed by atoms with Gasteiger partial charge in [0.25, 0.3) is 11.8 Å². The van der Waals surface area contributed by atoms with Crippen LogP contribution in [0.1, 0.15) is 33.7 Å². The third-order valence-corrected chi connectivity index (χ3v) is 10.8. The molecular weight excluding hydrogens is 735 g/mol. The molecule has 0 saturated heterocycles. The second-order valence-corrected chi connectivity index (χ2v) is 14.4. The van der Waals surface area contributed by atoms with Crippen molar-refractivity contribution in [3.05, 3.63) is 178 Å². The number of aromatic nitrogens is 1. The van der Waals surface area contributed by atoms with Crippen molar-refractivity contribution in [1.82, 2.24) is 9.88 Å². The molecule has 0 radical (unpaired) electrons. The van der Waals surface area contributed by atoms with E-state index in [0.29, 0.717) is 32.5 Å². The van der Waals surface area contributed by atoms with Gasteiger partial charge in [0.2, 0.25) is 5.91 Å². The fourth-order valence-electron chi connectivity index (χ4n) is 6.27. The SMILES string of the molecule is CCn1c2ccccc2c2cc(NC(=O)C(Sc3ccc(NC(=O)/C(=C/c4c(Cl)cccc4Cl)NC(=O)c4ccccc4)cc3)c3ccccc3)ccc21. The summed E-state index contributed by atoms with van der Waals surface area (Å²) in [6.07, 6.45) is 1.45. The van der Waals surface area contributed by atoms with Crippen LogP contribution in [0, 0.1) is 0 Å². The molecule has 54 heavy (non-hydrogen) atoms. The lowest BCUT2D eigenvalue weighted by Gasteiger charge is -2.18. The van der Waals surface area contributed by atoms with Crippen molar-refractivity contribution in [2.45, 2.75) is 23.6 Å². The number of hydrogen-bond acceptors (Lipinski definition) is 4. The summed E-state index contributed by atoms with van der Waals surface area (Å²) in [5.41, 5.74) is 5.05. The molecule has 0 spiro atoms. The molecule has 7 nitrogen and oxygen atoms in total. The molecule has 268 valence electrons. The van der Waals surface area contributed by atoms with E-state index in [1.165, 1.54) is 17.8 Å². The van der Waals surface area contributed by atoms with E-state index in [2.05, 4.69) is 45.6 Å². The van der Waals surface area contributed by atoms with Crippen molar-refractivity contribution >= 4 is 91.9 Å². The standard InChI is InChI=1S/C44H34Cl2N4O3S/c1-2-50-39-19-10-9-16-33(39)34-26-31(22-25-40(34)50)48-44(53)41(28-12-5-3-6-13-28)54-32-23-20-30(21-24-32)47-43(52)38(27-35-36(45)17-11-18-37(35)46)49-42(51)29-14-7-4-8-15-29/h3-27,41H,2H2,1H3,(H,47,52)(H,48,53)(H,49,51)/b38-27-. The summed E-state index contributed by atoms with van der Waals surface area (Å²) < 4.78 is 2.28. The molecule has 0 saturated carbocycles. The van der Waals surface area contributed by atoms with E-state index in [-0.39, 0.29) is 11.6 Å². The largest absolute Gasteiger partial charge is 0.341 e. The van der Waals surface area contributed by atoms with Crippen LogP contribution in [0.2, 0.25) is 10.0 Å². The minimum Gasteiger partial charge on any atom is -0.341 e. The van der Waals surface area contributed by atoms with Gasteiger partial charge in [0.15, 0.2) is 0 Å². The van der Waals surface area contributed by atoms with Crippen LogP contribution in [0.25, 0.3) is 27.9 Å². The number of carbonyl (C=O) groups is 3. The molecule has 0 aliphatic carbocycles. The van der Waals surface area contributed by atoms with Gasteiger partial charge in [-0.25, -0.2) is 0 Å². The van der Waals surface area contributed by atoms with Gasteiger partial charge in [0.05, 0.1) is 0 Å². The number of aryl methyl sites for hydroxylation is 1. The lowest BCUT2D eigenvalue weighted by molar-refractivity contribution is -0.116. The van der Waals surface area contributed by atoms with Gasteiger partial charge in [-0.2, -0.15) is 0 Å². The third-order valence-electron chi connectivity index (χ3n) is 8.88. The first kappa shape index (κ1) is 36.6. The number of anilines is 2. The van der Waals surface area contributed by atoms with Crippen LogP contribution >= 0.6 is 35.0 Å². The molecular formula is C44H34Cl2N4O3S. The monoisotopic (exact) mass is 768 g/mol. The van der Waals surface area contributed by atoms with E-state index < -0.39 is 17.1 Å². The number of fused-ring (bicyclic) bond motifs is 3. The summed E-state index contributed by atoms with van der Waals surface area (Å²) in [7, 11) is 0. The molecule has 3 N–H and O–H groups in total. The van der Waals surface area contributed by atoms with Crippen LogP contribution < -0.4 is 16.0 Å². The number of thioether (sulfide) groups is 1. The van der Waals surface area contributed by atoms with Crippen LogP contribution in [0.5, 0.6) is 0 Å². The van der Waals surface area contributed by atoms with E-state index in [9.17, 15) is 14.4 Å². The van der Waals surface area contributed by atoms with Gasteiger partial charge in [-0.15, -0.1) is 11.8 Å². The maximum absolute atomic E-state index is 14.0. The van der Waals surface area contributed by atoms with E-state index >= 15 is 0 Å². The fourth-order valence-corrected chi connectivity index (χ4v) is 7.80. The lowest BCUT2D eigenvalue weighted by Crippen LogP contribution is -2.30. The first-order valence-corrected chi connectivity index (χ1v) is 18.9. The Morgan fingerprint density at radius 1 is 0.685 bits per heavy atom. The normalized spacial score (nSPS) is 12.0. The first-order valence-electron chi connectivity index (χ1n) is 17.3. The predicted molar refractivity (Wildman–Crippen MR) is 222 cm³/mol. The van der Waals surface area contributed by atoms with Crippen molar-refractivity contribution < 1.29 is 14.4 Å². The van der Waals surface area contributed by atoms with Gasteiger partial charge in [-0.1, -0.05) is 96.0 Å². The van der Waals surface area contributed by atoms with E-state index in [1.807, 2.05) is 66.7 Å². The second-order valence-electron chi connectivity index (χ2n) is 12.4. The minimum absolute atomic E-state index is 0.0458. The third kappa shape index (κ3) is 8.06. The highest BCUT2D eigenvalue weighted by Crippen LogP contribution is 2.38. The Hall–Kier alpha value is -5.80. The van der Waals surface area contributed by atoms with Crippen molar-refractivity contribution in [2.24, 2.45) is 0 Å². The van der Waals surface area contributed by atoms with Crippen molar-refractivity contribution in [3.63, 3.8) is 0 Å². The first-order chi connectivity index (χ1) is 26.3. The number of rotatable bonds is 11. The Morgan fingerprint density at radius 3 is 2.02 bits per heavy atom. The van der Waals surface area contributed by atoms with E-state index in [4.69, 9.17) is 23.2 Å². The number of para-hydroxylation sites is 1. The zero-order valence-corrected chi connectivity index (χ0v) is 31.4. The molecule has 3 amide bonds. The molecule has 0 bridgehead atoms. The maximum atomic E-state index is 14.0. The topological polar surface area (TPSA) is 92.2 Å². The Morgan fingerprint density at radius 2 is 1.31 bits per heavy atom. The van der Waals surface area contributed by atoms with Gasteiger partial charge in [0.1, 0.15) is 10.9 Å². The molecule has 0 aliphatic heterocycles. The quantitative estimate of drug-likeness (QED) is 0.0902. The highest BCUT2D eigenvalue weighted by Gasteiger charge is 2.23. The second kappa shape index (κ2) is 16.5. The summed E-state index contributed by atoms with van der Waals surface area (Å²) in [5, 5.41) is 11.0. The van der Waals surface area contributed by atoms with Crippen LogP contribution in [0.3, 0.4) is 0 Å². The number of nitrogens with one attached hydrogen (secondary N) is 3. The summed E-state index contributed by atoms with van der Waals surface area (Å²) in [5.74, 6) is -1.20. The minimum atomic E-state index is -0.573. The molecule has 10 heteroatoms. The number of hydrogen-bond donors (Lipinski definition) is 3. The predicted octanol–water partition coefficient (Wildman–Crippen LogP) is 11.0. The van der Waals surface area contributed by atoms with Gasteiger partial charge < -0.3 is 20.5 Å². The molecule has 1 heterocycles. The number of carbonyl (C=O) groups excluding carboxylic acids is 3. The average molecular weight is 770 g/mol. The van der Waals surface area contributed by atoms with Crippen LogP contribution in [-0.4, -0.2) is 22.3 Å².